The lowest BCUT2D eigenvalue weighted by Gasteiger charge is -2.33. The Balaban J connectivity index is 1.41. The maximum absolute atomic E-state index is 12.0. The summed E-state index contributed by atoms with van der Waals surface area (Å²) >= 11 is 0. The molecule has 1 atom stereocenters. The molecule has 5 heteroatoms. The van der Waals surface area contributed by atoms with Gasteiger partial charge in [-0.15, -0.1) is 0 Å². The van der Waals surface area contributed by atoms with Crippen LogP contribution in [0.2, 0.25) is 0 Å². The van der Waals surface area contributed by atoms with Gasteiger partial charge in [-0.3, -0.25) is 14.5 Å². The van der Waals surface area contributed by atoms with Crippen molar-refractivity contribution in [3.8, 4) is 0 Å². The van der Waals surface area contributed by atoms with Crippen LogP contribution in [0.15, 0.2) is 54.6 Å². The van der Waals surface area contributed by atoms with Crippen LogP contribution in [-0.4, -0.2) is 42.4 Å². The maximum atomic E-state index is 12.0. The number of rotatable bonds is 6. The minimum absolute atomic E-state index is 0.0106. The smallest absolute Gasteiger partial charge is 0.251 e. The van der Waals surface area contributed by atoms with E-state index in [4.69, 9.17) is 0 Å². The van der Waals surface area contributed by atoms with Gasteiger partial charge in [-0.25, -0.2) is 0 Å². The SMILES string of the molecule is CC(CNC(=O)CNC(=O)c1ccccc1)N1CCc2ccccc2C1. The summed E-state index contributed by atoms with van der Waals surface area (Å²) in [7, 11) is 0. The van der Waals surface area contributed by atoms with Crippen molar-refractivity contribution in [3.05, 3.63) is 71.3 Å². The van der Waals surface area contributed by atoms with Gasteiger partial charge in [0.25, 0.3) is 5.91 Å². The average molecular weight is 351 g/mol. The lowest BCUT2D eigenvalue weighted by molar-refractivity contribution is -0.120. The summed E-state index contributed by atoms with van der Waals surface area (Å²) in [6.07, 6.45) is 1.04. The number of hydrogen-bond donors (Lipinski definition) is 2. The molecule has 26 heavy (non-hydrogen) atoms. The van der Waals surface area contributed by atoms with Crippen LogP contribution in [0.1, 0.15) is 28.4 Å². The summed E-state index contributed by atoms with van der Waals surface area (Å²) in [4.78, 5) is 26.4. The van der Waals surface area contributed by atoms with Crippen molar-refractivity contribution in [2.45, 2.75) is 25.9 Å². The Kier molecular flexibility index (Phi) is 6.02. The van der Waals surface area contributed by atoms with Crippen LogP contribution < -0.4 is 10.6 Å². The van der Waals surface area contributed by atoms with Crippen molar-refractivity contribution in [3.63, 3.8) is 0 Å². The average Bonchev–Trinajstić information content (AvgIpc) is 2.70. The third-order valence-corrected chi connectivity index (χ3v) is 4.82. The summed E-state index contributed by atoms with van der Waals surface area (Å²) < 4.78 is 0. The van der Waals surface area contributed by atoms with Gasteiger partial charge in [-0.2, -0.15) is 0 Å². The zero-order chi connectivity index (χ0) is 18.4. The molecule has 1 heterocycles. The van der Waals surface area contributed by atoms with Gasteiger partial charge < -0.3 is 10.6 Å². The van der Waals surface area contributed by atoms with Crippen molar-refractivity contribution < 1.29 is 9.59 Å². The number of fused-ring (bicyclic) bond motifs is 1. The maximum Gasteiger partial charge on any atom is 0.251 e. The minimum Gasteiger partial charge on any atom is -0.353 e. The molecule has 2 amide bonds. The molecule has 2 aromatic rings. The second kappa shape index (κ2) is 8.63. The van der Waals surface area contributed by atoms with Crippen molar-refractivity contribution in [1.82, 2.24) is 15.5 Å². The number of amides is 2. The molecule has 0 aromatic heterocycles. The first kappa shape index (κ1) is 18.1. The van der Waals surface area contributed by atoms with Crippen LogP contribution in [0.5, 0.6) is 0 Å². The first-order chi connectivity index (χ1) is 12.6. The predicted molar refractivity (Wildman–Crippen MR) is 102 cm³/mol. The molecule has 0 spiro atoms. The quantitative estimate of drug-likeness (QED) is 0.837. The van der Waals surface area contributed by atoms with Crippen LogP contribution in [0.4, 0.5) is 0 Å². The molecule has 3 rings (SSSR count). The lowest BCUT2D eigenvalue weighted by atomic mass is 9.99. The van der Waals surface area contributed by atoms with E-state index in [0.29, 0.717) is 12.1 Å². The second-order valence-electron chi connectivity index (χ2n) is 6.69. The second-order valence-corrected chi connectivity index (χ2v) is 6.69. The highest BCUT2D eigenvalue weighted by atomic mass is 16.2. The van der Waals surface area contributed by atoms with Gasteiger partial charge in [0.1, 0.15) is 0 Å². The van der Waals surface area contributed by atoms with Crippen LogP contribution in [0.25, 0.3) is 0 Å². The van der Waals surface area contributed by atoms with Gasteiger partial charge in [-0.05, 0) is 36.6 Å². The fourth-order valence-electron chi connectivity index (χ4n) is 3.20. The van der Waals surface area contributed by atoms with Crippen LogP contribution in [0.3, 0.4) is 0 Å². The van der Waals surface area contributed by atoms with Gasteiger partial charge in [-0.1, -0.05) is 42.5 Å². The van der Waals surface area contributed by atoms with Crippen LogP contribution in [-0.2, 0) is 17.8 Å². The van der Waals surface area contributed by atoms with E-state index < -0.39 is 0 Å². The monoisotopic (exact) mass is 351 g/mol. The van der Waals surface area contributed by atoms with Crippen molar-refractivity contribution >= 4 is 11.8 Å². The Morgan fingerprint density at radius 2 is 1.69 bits per heavy atom. The number of carbonyl (C=O) groups excluding carboxylic acids is 2. The Morgan fingerprint density at radius 1 is 1.00 bits per heavy atom. The minimum atomic E-state index is -0.235. The number of nitrogens with one attached hydrogen (secondary N) is 2. The van der Waals surface area contributed by atoms with Gasteiger partial charge >= 0.3 is 0 Å². The Hall–Kier alpha value is -2.66. The first-order valence-corrected chi connectivity index (χ1v) is 9.04. The van der Waals surface area contributed by atoms with E-state index in [1.807, 2.05) is 6.07 Å². The molecule has 0 aliphatic carbocycles. The molecular weight excluding hydrogens is 326 g/mol. The summed E-state index contributed by atoms with van der Waals surface area (Å²) in [6.45, 7) is 4.60. The molecule has 2 aromatic carbocycles. The molecule has 1 unspecified atom stereocenters. The van der Waals surface area contributed by atoms with E-state index in [1.54, 1.807) is 24.3 Å². The van der Waals surface area contributed by atoms with E-state index in [1.165, 1.54) is 11.1 Å². The fourth-order valence-corrected chi connectivity index (χ4v) is 3.20. The summed E-state index contributed by atoms with van der Waals surface area (Å²) in [5, 5.41) is 5.57. The van der Waals surface area contributed by atoms with E-state index in [9.17, 15) is 9.59 Å². The molecular formula is C21H25N3O2. The molecule has 1 aliphatic heterocycles. The normalized spacial score (nSPS) is 15.0. The molecule has 0 saturated heterocycles. The highest BCUT2D eigenvalue weighted by molar-refractivity contribution is 5.96. The van der Waals surface area contributed by atoms with Crippen LogP contribution >= 0.6 is 0 Å². The molecule has 0 fully saturated rings. The van der Waals surface area contributed by atoms with E-state index in [-0.39, 0.29) is 24.4 Å². The number of carbonyl (C=O) groups is 2. The molecule has 2 N–H and O–H groups in total. The Labute approximate surface area is 154 Å². The van der Waals surface area contributed by atoms with Crippen molar-refractivity contribution in [1.29, 1.82) is 0 Å². The molecule has 0 bridgehead atoms. The van der Waals surface area contributed by atoms with E-state index in [0.717, 1.165) is 19.5 Å². The topological polar surface area (TPSA) is 61.4 Å². The number of nitrogens with zero attached hydrogens (tertiary/aromatic N) is 1. The largest absolute Gasteiger partial charge is 0.353 e. The van der Waals surface area contributed by atoms with Gasteiger partial charge in [0.05, 0.1) is 6.54 Å². The molecule has 0 radical (unpaired) electrons. The van der Waals surface area contributed by atoms with E-state index in [2.05, 4.69) is 46.7 Å². The molecule has 1 aliphatic rings. The number of benzene rings is 2. The summed E-state index contributed by atoms with van der Waals surface area (Å²) in [5.74, 6) is -0.403. The van der Waals surface area contributed by atoms with Crippen LogP contribution in [0, 0.1) is 0 Å². The summed E-state index contributed by atoms with van der Waals surface area (Å²) in [5.41, 5.74) is 3.34. The zero-order valence-electron chi connectivity index (χ0n) is 15.1. The van der Waals surface area contributed by atoms with Gasteiger partial charge in [0, 0.05) is 31.2 Å². The van der Waals surface area contributed by atoms with Gasteiger partial charge in [0.2, 0.25) is 5.91 Å². The highest BCUT2D eigenvalue weighted by Crippen LogP contribution is 2.19. The Morgan fingerprint density at radius 3 is 2.46 bits per heavy atom. The lowest BCUT2D eigenvalue weighted by Crippen LogP contribution is -2.46. The predicted octanol–water partition coefficient (Wildman–Crippen LogP) is 1.98. The molecule has 0 saturated carbocycles. The third kappa shape index (κ3) is 4.70. The number of hydrogen-bond acceptors (Lipinski definition) is 3. The molecule has 136 valence electrons. The van der Waals surface area contributed by atoms with Crippen molar-refractivity contribution in [2.75, 3.05) is 19.6 Å². The first-order valence-electron chi connectivity index (χ1n) is 9.04. The van der Waals surface area contributed by atoms with Gasteiger partial charge in [0.15, 0.2) is 0 Å². The fraction of sp³-hybridized carbons (Fsp3) is 0.333. The third-order valence-electron chi connectivity index (χ3n) is 4.82. The molecule has 5 nitrogen and oxygen atoms in total. The van der Waals surface area contributed by atoms with Crippen molar-refractivity contribution in [2.24, 2.45) is 0 Å². The van der Waals surface area contributed by atoms with E-state index >= 15 is 0 Å². The zero-order valence-corrected chi connectivity index (χ0v) is 15.1. The summed E-state index contributed by atoms with van der Waals surface area (Å²) in [6, 6.07) is 17.7. The highest BCUT2D eigenvalue weighted by Gasteiger charge is 2.20. The standard InChI is InChI=1S/C21H25N3O2/c1-16(24-12-11-17-7-5-6-10-19(17)15-24)13-22-20(25)14-23-21(26)18-8-3-2-4-9-18/h2-10,16H,11-15H2,1H3,(H,22,25)(H,23,26). The Bertz CT molecular complexity index is 761.